The van der Waals surface area contributed by atoms with Crippen molar-refractivity contribution >= 4 is 0 Å². The summed E-state index contributed by atoms with van der Waals surface area (Å²) in [6, 6.07) is 0. The molecule has 0 atom stereocenters. The lowest BCUT2D eigenvalue weighted by Crippen LogP contribution is -2.05. The summed E-state index contributed by atoms with van der Waals surface area (Å²) < 4.78 is 89.0. The Morgan fingerprint density at radius 1 is 0.739 bits per heavy atom. The molecular formula is C12H26F8O3. The van der Waals surface area contributed by atoms with Crippen LogP contribution < -0.4 is 0 Å². The fourth-order valence-corrected chi connectivity index (χ4v) is 0.145. The first-order valence-corrected chi connectivity index (χ1v) is 6.39. The number of alkyl halides is 6. The van der Waals surface area contributed by atoms with E-state index in [4.69, 9.17) is 0 Å². The second kappa shape index (κ2) is 37.5. The second-order valence-electron chi connectivity index (χ2n) is 3.01. The van der Waals surface area contributed by atoms with Crippen molar-refractivity contribution in [1.82, 2.24) is 0 Å². The summed E-state index contributed by atoms with van der Waals surface area (Å²) in [5.74, 6) is -2.46. The molecule has 0 aliphatic heterocycles. The van der Waals surface area contributed by atoms with Crippen molar-refractivity contribution in [3.8, 4) is 0 Å². The Balaban J connectivity index is -0.0000000616. The monoisotopic (exact) mass is 370 g/mol. The lowest BCUT2D eigenvalue weighted by molar-refractivity contribution is -0.167. The molecule has 0 amide bonds. The van der Waals surface area contributed by atoms with Crippen LogP contribution in [0.1, 0.15) is 34.1 Å². The van der Waals surface area contributed by atoms with Gasteiger partial charge in [0.25, 0.3) is 0 Å². The molecule has 0 heterocycles. The standard InChI is InChI=1S/C4H8F2.C3H6F2O2.2C2H5F.CH2F2O/c1-3-4(2,5)6;4-3-6-1-2-7-5;2*1-2-3;2-1-4-3/h3H2,1-2H3;1-3H2;2*2H2,1H3;1H2. The first kappa shape index (κ1) is 33.8. The van der Waals surface area contributed by atoms with E-state index >= 15 is 0 Å². The summed E-state index contributed by atoms with van der Waals surface area (Å²) >= 11 is 0. The molecule has 0 spiro atoms. The van der Waals surface area contributed by atoms with Gasteiger partial charge in [-0.05, 0) is 29.8 Å². The normalized spacial score (nSPS) is 8.87. The highest BCUT2D eigenvalue weighted by Crippen LogP contribution is 2.14. The molecule has 0 aromatic carbocycles. The first-order valence-electron chi connectivity index (χ1n) is 6.39. The Labute approximate surface area is 131 Å². The summed E-state index contributed by atoms with van der Waals surface area (Å²) in [5.41, 5.74) is 0. The third kappa shape index (κ3) is 149. The molecule has 3 nitrogen and oxygen atoms in total. The van der Waals surface area contributed by atoms with Gasteiger partial charge < -0.3 is 4.74 Å². The Bertz CT molecular complexity index is 143. The largest absolute Gasteiger partial charge is 0.348 e. The van der Waals surface area contributed by atoms with E-state index in [0.717, 1.165) is 6.92 Å². The molecule has 23 heavy (non-hydrogen) atoms. The van der Waals surface area contributed by atoms with Crippen molar-refractivity contribution in [1.29, 1.82) is 0 Å². The van der Waals surface area contributed by atoms with E-state index in [9.17, 15) is 35.4 Å². The molecule has 11 heteroatoms. The van der Waals surface area contributed by atoms with Gasteiger partial charge in [0.1, 0.15) is 6.61 Å². The van der Waals surface area contributed by atoms with E-state index in [1.807, 2.05) is 0 Å². The second-order valence-corrected chi connectivity index (χ2v) is 3.01. The molecule has 0 rings (SSSR count). The lowest BCUT2D eigenvalue weighted by atomic mass is 10.3. The van der Waals surface area contributed by atoms with Crippen molar-refractivity contribution in [3.63, 3.8) is 0 Å². The molecule has 0 aromatic rings. The Hall–Kier alpha value is -0.680. The van der Waals surface area contributed by atoms with Crippen LogP contribution in [0.5, 0.6) is 0 Å². The van der Waals surface area contributed by atoms with Gasteiger partial charge in [0.15, 0.2) is 6.86 Å². The molecule has 0 aliphatic carbocycles. The van der Waals surface area contributed by atoms with Gasteiger partial charge in [-0.2, -0.15) is 9.88 Å². The Morgan fingerprint density at radius 2 is 1.04 bits per heavy atom. The van der Waals surface area contributed by atoms with Gasteiger partial charge in [0.05, 0.1) is 20.0 Å². The molecule has 0 saturated carbocycles. The number of hydrogen-bond acceptors (Lipinski definition) is 3. The number of halogens is 8. The predicted molar refractivity (Wildman–Crippen MR) is 71.4 cm³/mol. The number of rotatable bonds is 6. The topological polar surface area (TPSA) is 27.7 Å². The highest BCUT2D eigenvalue weighted by molar-refractivity contribution is 4.50. The van der Waals surface area contributed by atoms with E-state index in [-0.39, 0.29) is 33.0 Å². The van der Waals surface area contributed by atoms with E-state index < -0.39 is 19.6 Å². The van der Waals surface area contributed by atoms with Gasteiger partial charge in [-0.25, -0.2) is 17.6 Å². The van der Waals surface area contributed by atoms with Crippen LogP contribution >= 0.6 is 0 Å². The highest BCUT2D eigenvalue weighted by atomic mass is 19.3. The highest BCUT2D eigenvalue weighted by Gasteiger charge is 2.15. The average Bonchev–Trinajstić information content (AvgIpc) is 2.50. The van der Waals surface area contributed by atoms with Gasteiger partial charge in [0, 0.05) is 6.42 Å². The molecule has 0 N–H and O–H groups in total. The van der Waals surface area contributed by atoms with Crippen LogP contribution in [0.15, 0.2) is 0 Å². The third-order valence-corrected chi connectivity index (χ3v) is 1.04. The van der Waals surface area contributed by atoms with Crippen LogP contribution in [0.4, 0.5) is 35.4 Å². The van der Waals surface area contributed by atoms with Gasteiger partial charge in [-0.15, -0.1) is 0 Å². The van der Waals surface area contributed by atoms with Crippen LogP contribution in [0, 0.1) is 0 Å². The molecule has 0 radical (unpaired) electrons. The molecule has 0 aromatic heterocycles. The van der Waals surface area contributed by atoms with Crippen molar-refractivity contribution < 1.29 is 50.0 Å². The Morgan fingerprint density at radius 3 is 1.17 bits per heavy atom. The van der Waals surface area contributed by atoms with Crippen LogP contribution in [0.3, 0.4) is 0 Å². The average molecular weight is 370 g/mol. The van der Waals surface area contributed by atoms with Crippen LogP contribution in [-0.2, 0) is 14.6 Å². The lowest BCUT2D eigenvalue weighted by Gasteiger charge is -2.02. The molecule has 148 valence electrons. The fourth-order valence-electron chi connectivity index (χ4n) is 0.145. The minimum atomic E-state index is -2.46. The van der Waals surface area contributed by atoms with Gasteiger partial charge >= 0.3 is 0 Å². The predicted octanol–water partition coefficient (Wildman–Crippen LogP) is 5.65. The van der Waals surface area contributed by atoms with E-state index in [0.29, 0.717) is 0 Å². The smallest absolute Gasteiger partial charge is 0.245 e. The summed E-state index contributed by atoms with van der Waals surface area (Å²) in [4.78, 5) is 5.43. The first-order chi connectivity index (χ1) is 10.7. The summed E-state index contributed by atoms with van der Waals surface area (Å²) in [6.45, 7) is 2.31. The van der Waals surface area contributed by atoms with E-state index in [1.54, 1.807) is 0 Å². The molecule has 0 unspecified atom stereocenters. The summed E-state index contributed by atoms with van der Waals surface area (Å²) in [7, 11) is 0. The molecule has 0 bridgehead atoms. The number of ether oxygens (including phenoxy) is 1. The zero-order valence-electron chi connectivity index (χ0n) is 13.7. The molecule has 0 aliphatic rings. The van der Waals surface area contributed by atoms with E-state index in [1.165, 1.54) is 20.8 Å². The minimum Gasteiger partial charge on any atom is -0.348 e. The zero-order chi connectivity index (χ0) is 19.6. The van der Waals surface area contributed by atoms with Crippen molar-refractivity contribution in [2.75, 3.05) is 40.3 Å². The summed E-state index contributed by atoms with van der Waals surface area (Å²) in [6.07, 6.45) is -0.0625. The number of hydrogen-bond donors (Lipinski definition) is 0. The van der Waals surface area contributed by atoms with Gasteiger partial charge in [0.2, 0.25) is 12.8 Å². The Kier molecular flexibility index (Phi) is 55.2. The fraction of sp³-hybridized carbons (Fsp3) is 1.00. The quantitative estimate of drug-likeness (QED) is 0.447. The summed E-state index contributed by atoms with van der Waals surface area (Å²) in [5, 5.41) is 0. The third-order valence-electron chi connectivity index (χ3n) is 1.04. The molecular weight excluding hydrogens is 344 g/mol. The van der Waals surface area contributed by atoms with E-state index in [2.05, 4.69) is 14.6 Å². The van der Waals surface area contributed by atoms with Crippen molar-refractivity contribution in [3.05, 3.63) is 0 Å². The van der Waals surface area contributed by atoms with Gasteiger partial charge in [-0.1, -0.05) is 6.92 Å². The minimum absolute atomic E-state index is 0.0347. The van der Waals surface area contributed by atoms with Crippen LogP contribution in [-0.4, -0.2) is 46.2 Å². The maximum atomic E-state index is 11.5. The zero-order valence-corrected chi connectivity index (χ0v) is 13.7. The van der Waals surface area contributed by atoms with Crippen LogP contribution in [0.25, 0.3) is 0 Å². The maximum absolute atomic E-state index is 11.5. The molecule has 0 saturated heterocycles. The van der Waals surface area contributed by atoms with Crippen LogP contribution in [0.2, 0.25) is 0 Å². The SMILES string of the molecule is CCC(C)(F)F.CCF.CCF.FCOCCOF.FCOF. The van der Waals surface area contributed by atoms with Gasteiger partial charge in [-0.3, -0.25) is 8.78 Å². The molecule has 0 fully saturated rings. The maximum Gasteiger partial charge on any atom is 0.245 e. The van der Waals surface area contributed by atoms with Crippen molar-refractivity contribution in [2.45, 2.75) is 40.0 Å². The van der Waals surface area contributed by atoms with Crippen molar-refractivity contribution in [2.24, 2.45) is 0 Å².